The maximum atomic E-state index is 5.97. The van der Waals surface area contributed by atoms with Crippen LogP contribution in [0.5, 0.6) is 0 Å². The molecule has 2 aromatic carbocycles. The van der Waals surface area contributed by atoms with Gasteiger partial charge in [0.2, 0.25) is 0 Å². The van der Waals surface area contributed by atoms with Gasteiger partial charge in [-0.05, 0) is 29.8 Å². The lowest BCUT2D eigenvalue weighted by Gasteiger charge is -2.02. The number of fused-ring (bicyclic) bond motifs is 1. The van der Waals surface area contributed by atoms with Crippen molar-refractivity contribution in [3.63, 3.8) is 0 Å². The first-order chi connectivity index (χ1) is 8.78. The first-order valence-corrected chi connectivity index (χ1v) is 6.52. The molecule has 1 heterocycles. The molecular formula is C15H10Cl2O. The fourth-order valence-electron chi connectivity index (χ4n) is 2.02. The Morgan fingerprint density at radius 1 is 1.00 bits per heavy atom. The standard InChI is InChI=1S/C15H10Cl2O/c16-9-10-3-1-2-4-13(10)15-8-11-7-12(17)5-6-14(11)18-15/h1-8H,9H2. The summed E-state index contributed by atoms with van der Waals surface area (Å²) in [5, 5.41) is 1.71. The topological polar surface area (TPSA) is 13.1 Å². The van der Waals surface area contributed by atoms with Crippen LogP contribution in [0.1, 0.15) is 5.56 Å². The van der Waals surface area contributed by atoms with E-state index in [2.05, 4.69) is 0 Å². The minimum Gasteiger partial charge on any atom is -0.456 e. The summed E-state index contributed by atoms with van der Waals surface area (Å²) >= 11 is 11.9. The van der Waals surface area contributed by atoms with Crippen molar-refractivity contribution in [2.24, 2.45) is 0 Å². The van der Waals surface area contributed by atoms with Crippen molar-refractivity contribution in [3.8, 4) is 11.3 Å². The van der Waals surface area contributed by atoms with Crippen LogP contribution in [0.25, 0.3) is 22.3 Å². The molecule has 0 aliphatic carbocycles. The molecule has 0 atom stereocenters. The van der Waals surface area contributed by atoms with Gasteiger partial charge in [-0.25, -0.2) is 0 Å². The number of furan rings is 1. The molecule has 0 N–H and O–H groups in total. The second-order valence-corrected chi connectivity index (χ2v) is 4.79. The number of halogens is 2. The molecule has 1 nitrogen and oxygen atoms in total. The largest absolute Gasteiger partial charge is 0.456 e. The zero-order valence-electron chi connectivity index (χ0n) is 9.49. The van der Waals surface area contributed by atoms with Gasteiger partial charge in [-0.1, -0.05) is 35.9 Å². The molecule has 0 aliphatic heterocycles. The summed E-state index contributed by atoms with van der Waals surface area (Å²) in [5.41, 5.74) is 2.92. The third-order valence-corrected chi connectivity index (χ3v) is 3.43. The van der Waals surface area contributed by atoms with Crippen LogP contribution in [0, 0.1) is 0 Å². The molecule has 0 fully saturated rings. The highest BCUT2D eigenvalue weighted by Crippen LogP contribution is 2.31. The van der Waals surface area contributed by atoms with Crippen LogP contribution in [0.4, 0.5) is 0 Å². The van der Waals surface area contributed by atoms with Crippen molar-refractivity contribution in [2.45, 2.75) is 5.88 Å². The lowest BCUT2D eigenvalue weighted by atomic mass is 10.1. The van der Waals surface area contributed by atoms with Crippen molar-refractivity contribution in [1.82, 2.24) is 0 Å². The predicted molar refractivity (Wildman–Crippen MR) is 76.2 cm³/mol. The van der Waals surface area contributed by atoms with Gasteiger partial charge in [-0.15, -0.1) is 11.6 Å². The second kappa shape index (κ2) is 4.68. The van der Waals surface area contributed by atoms with Crippen LogP contribution >= 0.6 is 23.2 Å². The van der Waals surface area contributed by atoms with Crippen molar-refractivity contribution < 1.29 is 4.42 Å². The third-order valence-electron chi connectivity index (χ3n) is 2.91. The maximum absolute atomic E-state index is 5.97. The first-order valence-electron chi connectivity index (χ1n) is 5.61. The summed E-state index contributed by atoms with van der Waals surface area (Å²) in [5.74, 6) is 1.29. The Morgan fingerprint density at radius 2 is 1.83 bits per heavy atom. The molecule has 3 heteroatoms. The van der Waals surface area contributed by atoms with E-state index in [9.17, 15) is 0 Å². The van der Waals surface area contributed by atoms with E-state index in [0.717, 1.165) is 27.9 Å². The highest BCUT2D eigenvalue weighted by atomic mass is 35.5. The molecule has 0 spiro atoms. The molecule has 0 aliphatic rings. The Hall–Kier alpha value is -1.44. The molecular weight excluding hydrogens is 267 g/mol. The number of hydrogen-bond donors (Lipinski definition) is 0. The van der Waals surface area contributed by atoms with Crippen molar-refractivity contribution >= 4 is 34.2 Å². The van der Waals surface area contributed by atoms with Gasteiger partial charge in [0.25, 0.3) is 0 Å². The zero-order valence-corrected chi connectivity index (χ0v) is 11.0. The van der Waals surface area contributed by atoms with Crippen LogP contribution in [0.15, 0.2) is 52.9 Å². The van der Waals surface area contributed by atoms with Gasteiger partial charge in [0, 0.05) is 21.9 Å². The second-order valence-electron chi connectivity index (χ2n) is 4.08. The molecule has 0 bridgehead atoms. The summed E-state index contributed by atoms with van der Waals surface area (Å²) in [4.78, 5) is 0. The normalized spacial score (nSPS) is 11.0. The molecule has 1 aromatic heterocycles. The summed E-state index contributed by atoms with van der Waals surface area (Å²) < 4.78 is 5.83. The monoisotopic (exact) mass is 276 g/mol. The smallest absolute Gasteiger partial charge is 0.135 e. The number of rotatable bonds is 2. The van der Waals surface area contributed by atoms with Crippen molar-refractivity contribution in [1.29, 1.82) is 0 Å². The summed E-state index contributed by atoms with van der Waals surface area (Å²) in [6.45, 7) is 0. The van der Waals surface area contributed by atoms with Crippen LogP contribution < -0.4 is 0 Å². The van der Waals surface area contributed by atoms with Gasteiger partial charge in [-0.3, -0.25) is 0 Å². The van der Waals surface area contributed by atoms with Gasteiger partial charge in [0.15, 0.2) is 0 Å². The molecule has 0 saturated heterocycles. The fourth-order valence-corrected chi connectivity index (χ4v) is 2.44. The molecule has 0 unspecified atom stereocenters. The Kier molecular flexibility index (Phi) is 3.02. The molecule has 3 rings (SSSR count). The third kappa shape index (κ3) is 2.00. The van der Waals surface area contributed by atoms with E-state index in [1.165, 1.54) is 0 Å². The van der Waals surface area contributed by atoms with Crippen LogP contribution in [0.3, 0.4) is 0 Å². The Morgan fingerprint density at radius 3 is 2.67 bits per heavy atom. The van der Waals surface area contributed by atoms with Gasteiger partial charge >= 0.3 is 0 Å². The number of benzene rings is 2. The molecule has 18 heavy (non-hydrogen) atoms. The van der Waals surface area contributed by atoms with Gasteiger partial charge < -0.3 is 4.42 Å². The van der Waals surface area contributed by atoms with E-state index in [1.54, 1.807) is 0 Å². The lowest BCUT2D eigenvalue weighted by Crippen LogP contribution is -1.83. The van der Waals surface area contributed by atoms with E-state index in [1.807, 2.05) is 48.5 Å². The SMILES string of the molecule is ClCc1ccccc1-c1cc2cc(Cl)ccc2o1. The molecule has 90 valence electrons. The lowest BCUT2D eigenvalue weighted by molar-refractivity contribution is 0.631. The molecule has 0 amide bonds. The Balaban J connectivity index is 2.19. The average molecular weight is 277 g/mol. The van der Waals surface area contributed by atoms with Gasteiger partial charge in [0.05, 0.1) is 0 Å². The van der Waals surface area contributed by atoms with E-state index >= 15 is 0 Å². The van der Waals surface area contributed by atoms with Crippen LogP contribution in [-0.2, 0) is 5.88 Å². The van der Waals surface area contributed by atoms with E-state index in [-0.39, 0.29) is 0 Å². The Bertz CT molecular complexity index is 701. The predicted octanol–water partition coefficient (Wildman–Crippen LogP) is 5.49. The van der Waals surface area contributed by atoms with E-state index < -0.39 is 0 Å². The van der Waals surface area contributed by atoms with E-state index in [0.29, 0.717) is 10.9 Å². The average Bonchev–Trinajstić information content (AvgIpc) is 2.81. The quantitative estimate of drug-likeness (QED) is 0.564. The highest BCUT2D eigenvalue weighted by Gasteiger charge is 2.09. The fraction of sp³-hybridized carbons (Fsp3) is 0.0667. The summed E-state index contributed by atoms with van der Waals surface area (Å²) in [6.07, 6.45) is 0. The summed E-state index contributed by atoms with van der Waals surface area (Å²) in [6, 6.07) is 15.6. The van der Waals surface area contributed by atoms with Crippen molar-refractivity contribution in [3.05, 3.63) is 59.1 Å². The van der Waals surface area contributed by atoms with E-state index in [4.69, 9.17) is 27.6 Å². The van der Waals surface area contributed by atoms with Crippen molar-refractivity contribution in [2.75, 3.05) is 0 Å². The van der Waals surface area contributed by atoms with Gasteiger partial charge in [0.1, 0.15) is 11.3 Å². The minimum absolute atomic E-state index is 0.466. The Labute approximate surface area is 115 Å². The number of hydrogen-bond acceptors (Lipinski definition) is 1. The molecule has 3 aromatic rings. The number of alkyl halides is 1. The molecule has 0 saturated carbocycles. The summed E-state index contributed by atoms with van der Waals surface area (Å²) in [7, 11) is 0. The molecule has 0 radical (unpaired) electrons. The zero-order chi connectivity index (χ0) is 12.5. The van der Waals surface area contributed by atoms with Gasteiger partial charge in [-0.2, -0.15) is 0 Å². The minimum atomic E-state index is 0.466. The highest BCUT2D eigenvalue weighted by molar-refractivity contribution is 6.31. The maximum Gasteiger partial charge on any atom is 0.135 e. The van der Waals surface area contributed by atoms with Crippen LogP contribution in [-0.4, -0.2) is 0 Å². The first kappa shape index (κ1) is 11.6. The van der Waals surface area contributed by atoms with Crippen LogP contribution in [0.2, 0.25) is 5.02 Å².